The Kier molecular flexibility index (Phi) is 3.03. The van der Waals surface area contributed by atoms with Crippen molar-refractivity contribution in [3.8, 4) is 0 Å². The van der Waals surface area contributed by atoms with Crippen molar-refractivity contribution in [2.75, 3.05) is 12.3 Å². The molecule has 0 spiro atoms. The molecule has 6 heteroatoms. The number of sulfonamides is 1. The number of nitrogens with one attached hydrogen (secondary N) is 1. The first-order valence-electron chi connectivity index (χ1n) is 5.61. The van der Waals surface area contributed by atoms with Gasteiger partial charge in [-0.3, -0.25) is 5.10 Å². The maximum absolute atomic E-state index is 11.7. The average Bonchev–Trinajstić information content (AvgIpc) is 2.70. The first-order valence-corrected chi connectivity index (χ1v) is 7.22. The number of aromatic amines is 1. The summed E-state index contributed by atoms with van der Waals surface area (Å²) in [5, 5.41) is 7.16. The molecule has 1 aliphatic heterocycles. The molecule has 0 saturated carbocycles. The van der Waals surface area contributed by atoms with E-state index in [2.05, 4.69) is 17.1 Å². The summed E-state index contributed by atoms with van der Waals surface area (Å²) in [5.74, 6) is 0.164. The van der Waals surface area contributed by atoms with Gasteiger partial charge in [-0.25, -0.2) is 8.42 Å². The van der Waals surface area contributed by atoms with Gasteiger partial charge in [0.25, 0.3) is 0 Å². The highest BCUT2D eigenvalue weighted by atomic mass is 32.2. The number of fused-ring (bicyclic) bond motifs is 1. The molecule has 1 N–H and O–H groups in total. The van der Waals surface area contributed by atoms with E-state index in [0.717, 1.165) is 24.2 Å². The van der Waals surface area contributed by atoms with Crippen LogP contribution in [0.25, 0.3) is 0 Å². The molecule has 0 fully saturated rings. The summed E-state index contributed by atoms with van der Waals surface area (Å²) < 4.78 is 25.0. The molecule has 0 radical (unpaired) electrons. The van der Waals surface area contributed by atoms with Crippen LogP contribution in [0.2, 0.25) is 0 Å². The molecule has 16 heavy (non-hydrogen) atoms. The molecule has 0 aliphatic carbocycles. The van der Waals surface area contributed by atoms with Crippen molar-refractivity contribution in [2.45, 2.75) is 33.2 Å². The zero-order chi connectivity index (χ0) is 11.8. The highest BCUT2D eigenvalue weighted by Gasteiger charge is 2.27. The lowest BCUT2D eigenvalue weighted by atomic mass is 10.1. The summed E-state index contributed by atoms with van der Waals surface area (Å²) in [6.07, 6.45) is 1.67. The van der Waals surface area contributed by atoms with Crippen LogP contribution in [-0.2, 0) is 29.4 Å². The van der Waals surface area contributed by atoms with Crippen LogP contribution >= 0.6 is 0 Å². The van der Waals surface area contributed by atoms with Gasteiger partial charge in [0.2, 0.25) is 10.0 Å². The van der Waals surface area contributed by atoms with E-state index >= 15 is 0 Å². The average molecular weight is 243 g/mol. The summed E-state index contributed by atoms with van der Waals surface area (Å²) in [7, 11) is -3.08. The second-order valence-corrected chi connectivity index (χ2v) is 6.22. The Bertz CT molecular complexity index is 478. The minimum Gasteiger partial charge on any atom is -0.281 e. The Hall–Kier alpha value is -0.880. The van der Waals surface area contributed by atoms with E-state index in [0.29, 0.717) is 13.1 Å². The van der Waals surface area contributed by atoms with Crippen LogP contribution in [0.5, 0.6) is 0 Å². The van der Waals surface area contributed by atoms with Crippen molar-refractivity contribution in [3.05, 3.63) is 17.0 Å². The maximum Gasteiger partial charge on any atom is 0.214 e. The quantitative estimate of drug-likeness (QED) is 0.849. The molecule has 1 aliphatic rings. The summed E-state index contributed by atoms with van der Waals surface area (Å²) >= 11 is 0. The first-order chi connectivity index (χ1) is 7.58. The van der Waals surface area contributed by atoms with E-state index in [9.17, 15) is 8.42 Å². The Morgan fingerprint density at radius 3 is 2.81 bits per heavy atom. The van der Waals surface area contributed by atoms with Crippen LogP contribution in [0.4, 0.5) is 0 Å². The van der Waals surface area contributed by atoms with Gasteiger partial charge in [-0.1, -0.05) is 6.92 Å². The van der Waals surface area contributed by atoms with Gasteiger partial charge in [-0.15, -0.1) is 0 Å². The number of nitrogens with zero attached hydrogens (tertiary/aromatic N) is 2. The SMILES string of the molecule is CCc1n[nH]c2c1CCN(S(=O)(=O)CC)C2. The van der Waals surface area contributed by atoms with E-state index in [4.69, 9.17) is 0 Å². The third-order valence-corrected chi connectivity index (χ3v) is 4.91. The number of rotatable bonds is 3. The van der Waals surface area contributed by atoms with Crippen molar-refractivity contribution in [1.82, 2.24) is 14.5 Å². The van der Waals surface area contributed by atoms with Gasteiger partial charge in [0.05, 0.1) is 23.7 Å². The largest absolute Gasteiger partial charge is 0.281 e. The van der Waals surface area contributed by atoms with Crippen molar-refractivity contribution < 1.29 is 8.42 Å². The van der Waals surface area contributed by atoms with Gasteiger partial charge in [0, 0.05) is 6.54 Å². The molecule has 2 heterocycles. The lowest BCUT2D eigenvalue weighted by Crippen LogP contribution is -2.36. The Balaban J connectivity index is 2.25. The molecule has 0 saturated heterocycles. The molecule has 1 aromatic heterocycles. The second kappa shape index (κ2) is 4.18. The van der Waals surface area contributed by atoms with Crippen molar-refractivity contribution in [1.29, 1.82) is 0 Å². The smallest absolute Gasteiger partial charge is 0.214 e. The van der Waals surface area contributed by atoms with Gasteiger partial charge in [0.1, 0.15) is 0 Å². The lowest BCUT2D eigenvalue weighted by molar-refractivity contribution is 0.387. The van der Waals surface area contributed by atoms with Crippen molar-refractivity contribution in [3.63, 3.8) is 0 Å². The molecular formula is C10H17N3O2S. The molecule has 2 rings (SSSR count). The van der Waals surface area contributed by atoms with Gasteiger partial charge in [0.15, 0.2) is 0 Å². The van der Waals surface area contributed by atoms with Crippen LogP contribution in [-0.4, -0.2) is 35.2 Å². The zero-order valence-corrected chi connectivity index (χ0v) is 10.5. The van der Waals surface area contributed by atoms with E-state index in [-0.39, 0.29) is 5.75 Å². The van der Waals surface area contributed by atoms with Crippen LogP contribution in [0.3, 0.4) is 0 Å². The molecular weight excluding hydrogens is 226 g/mol. The minimum atomic E-state index is -3.08. The number of hydrogen-bond acceptors (Lipinski definition) is 3. The lowest BCUT2D eigenvalue weighted by Gasteiger charge is -2.25. The number of H-pyrrole nitrogens is 1. The van der Waals surface area contributed by atoms with Crippen molar-refractivity contribution in [2.24, 2.45) is 0 Å². The Morgan fingerprint density at radius 1 is 1.44 bits per heavy atom. The summed E-state index contributed by atoms with van der Waals surface area (Å²) in [5.41, 5.74) is 3.24. The molecule has 90 valence electrons. The number of aromatic nitrogens is 2. The molecule has 0 unspecified atom stereocenters. The van der Waals surface area contributed by atoms with Gasteiger partial charge in [-0.2, -0.15) is 9.40 Å². The number of hydrogen-bond donors (Lipinski definition) is 1. The Labute approximate surface area is 95.9 Å². The topological polar surface area (TPSA) is 66.1 Å². The van der Waals surface area contributed by atoms with Gasteiger partial charge in [-0.05, 0) is 25.3 Å². The molecule has 0 amide bonds. The van der Waals surface area contributed by atoms with E-state index < -0.39 is 10.0 Å². The van der Waals surface area contributed by atoms with Gasteiger partial charge >= 0.3 is 0 Å². The monoisotopic (exact) mass is 243 g/mol. The summed E-state index contributed by atoms with van der Waals surface area (Å²) in [4.78, 5) is 0. The minimum absolute atomic E-state index is 0.164. The van der Waals surface area contributed by atoms with E-state index in [1.807, 2.05) is 0 Å². The third kappa shape index (κ3) is 1.87. The fraction of sp³-hybridized carbons (Fsp3) is 0.700. The fourth-order valence-electron chi connectivity index (χ4n) is 2.07. The van der Waals surface area contributed by atoms with Crippen molar-refractivity contribution >= 4 is 10.0 Å². The second-order valence-electron chi connectivity index (χ2n) is 3.97. The van der Waals surface area contributed by atoms with Crippen LogP contribution in [0.15, 0.2) is 0 Å². The molecule has 0 aromatic carbocycles. The molecule has 0 atom stereocenters. The number of aryl methyl sites for hydroxylation is 1. The predicted octanol–water partition coefficient (Wildman–Crippen LogP) is 0.680. The fourth-order valence-corrected chi connectivity index (χ4v) is 3.13. The van der Waals surface area contributed by atoms with Crippen LogP contribution < -0.4 is 0 Å². The molecule has 5 nitrogen and oxygen atoms in total. The standard InChI is InChI=1S/C10H17N3O2S/c1-3-9-8-5-6-13(16(14,15)4-2)7-10(8)12-11-9/h3-7H2,1-2H3,(H,11,12). The molecule has 1 aromatic rings. The van der Waals surface area contributed by atoms with Gasteiger partial charge < -0.3 is 0 Å². The van der Waals surface area contributed by atoms with Crippen LogP contribution in [0.1, 0.15) is 30.8 Å². The highest BCUT2D eigenvalue weighted by Crippen LogP contribution is 2.22. The van der Waals surface area contributed by atoms with Crippen LogP contribution in [0, 0.1) is 0 Å². The molecule has 0 bridgehead atoms. The third-order valence-electron chi connectivity index (χ3n) is 3.08. The maximum atomic E-state index is 11.7. The predicted molar refractivity (Wildman–Crippen MR) is 61.5 cm³/mol. The highest BCUT2D eigenvalue weighted by molar-refractivity contribution is 7.89. The van der Waals surface area contributed by atoms with E-state index in [1.54, 1.807) is 6.92 Å². The normalized spacial score (nSPS) is 17.4. The first kappa shape index (κ1) is 11.6. The zero-order valence-electron chi connectivity index (χ0n) is 9.65. The van der Waals surface area contributed by atoms with E-state index in [1.165, 1.54) is 9.87 Å². The summed E-state index contributed by atoms with van der Waals surface area (Å²) in [6, 6.07) is 0. The summed E-state index contributed by atoms with van der Waals surface area (Å²) in [6.45, 7) is 4.76. The Morgan fingerprint density at radius 2 is 2.19 bits per heavy atom.